The van der Waals surface area contributed by atoms with Gasteiger partial charge in [0.1, 0.15) is 5.69 Å². The second-order valence-electron chi connectivity index (χ2n) is 5.67. The average molecular weight is 315 g/mol. The van der Waals surface area contributed by atoms with E-state index in [1.165, 1.54) is 6.20 Å². The Hall–Kier alpha value is -2.28. The molecule has 7 heteroatoms. The molecule has 0 bridgehead atoms. The smallest absolute Gasteiger partial charge is 0.274 e. The third-order valence-electron chi connectivity index (χ3n) is 4.11. The second kappa shape index (κ2) is 6.87. The van der Waals surface area contributed by atoms with Crippen molar-refractivity contribution in [3.63, 3.8) is 0 Å². The number of rotatable bonds is 5. The van der Waals surface area contributed by atoms with E-state index in [0.29, 0.717) is 18.8 Å². The predicted octanol–water partition coefficient (Wildman–Crippen LogP) is 1.07. The standard InChI is InChI=1S/C16H21N5O2/c1-3-23-15-4-7-21(16(22)13-10-17-5-6-18-13)14(15)8-12-9-19-20(2)11-12/h5-6,9-11,14-15H,3-4,7-8H2,1-2H3/t14-,15-/m1/s1. The molecule has 2 atom stereocenters. The van der Waals surface area contributed by atoms with Gasteiger partial charge in [-0.25, -0.2) is 4.98 Å². The third kappa shape index (κ3) is 3.39. The number of nitrogens with zero attached hydrogens (tertiary/aromatic N) is 5. The molecule has 1 amide bonds. The molecule has 3 rings (SSSR count). The normalized spacial score (nSPS) is 20.9. The minimum absolute atomic E-state index is 0.00587. The van der Waals surface area contributed by atoms with Crippen molar-refractivity contribution in [3.8, 4) is 0 Å². The molecular weight excluding hydrogens is 294 g/mol. The zero-order chi connectivity index (χ0) is 16.2. The number of carbonyl (C=O) groups excluding carboxylic acids is 1. The highest BCUT2D eigenvalue weighted by Crippen LogP contribution is 2.25. The van der Waals surface area contributed by atoms with Gasteiger partial charge in [-0.15, -0.1) is 0 Å². The molecule has 23 heavy (non-hydrogen) atoms. The van der Waals surface area contributed by atoms with Crippen LogP contribution in [0.2, 0.25) is 0 Å². The summed E-state index contributed by atoms with van der Waals surface area (Å²) in [5.41, 5.74) is 1.47. The fraction of sp³-hybridized carbons (Fsp3) is 0.500. The summed E-state index contributed by atoms with van der Waals surface area (Å²) in [5.74, 6) is -0.0887. The zero-order valence-electron chi connectivity index (χ0n) is 13.4. The van der Waals surface area contributed by atoms with E-state index in [9.17, 15) is 4.79 Å². The molecule has 3 heterocycles. The lowest BCUT2D eigenvalue weighted by molar-refractivity contribution is 0.0310. The van der Waals surface area contributed by atoms with Crippen molar-refractivity contribution < 1.29 is 9.53 Å². The van der Waals surface area contributed by atoms with Gasteiger partial charge in [0.2, 0.25) is 0 Å². The van der Waals surface area contributed by atoms with Crippen LogP contribution < -0.4 is 0 Å². The zero-order valence-corrected chi connectivity index (χ0v) is 13.4. The first-order valence-electron chi connectivity index (χ1n) is 7.85. The first-order valence-corrected chi connectivity index (χ1v) is 7.85. The lowest BCUT2D eigenvalue weighted by Crippen LogP contribution is -2.42. The highest BCUT2D eigenvalue weighted by Gasteiger charge is 2.38. The van der Waals surface area contributed by atoms with Gasteiger partial charge in [0.05, 0.1) is 24.5 Å². The number of hydrogen-bond acceptors (Lipinski definition) is 5. The molecule has 1 fully saturated rings. The number of hydrogen-bond donors (Lipinski definition) is 0. The monoisotopic (exact) mass is 315 g/mol. The van der Waals surface area contributed by atoms with Crippen LogP contribution in [0.5, 0.6) is 0 Å². The fourth-order valence-corrected chi connectivity index (χ4v) is 3.10. The van der Waals surface area contributed by atoms with Gasteiger partial charge in [-0.1, -0.05) is 0 Å². The van der Waals surface area contributed by atoms with Crippen molar-refractivity contribution >= 4 is 5.91 Å². The molecule has 0 aliphatic carbocycles. The van der Waals surface area contributed by atoms with E-state index in [-0.39, 0.29) is 18.1 Å². The Balaban J connectivity index is 1.81. The lowest BCUT2D eigenvalue weighted by Gasteiger charge is -2.27. The highest BCUT2D eigenvalue weighted by molar-refractivity contribution is 5.92. The number of amides is 1. The van der Waals surface area contributed by atoms with E-state index in [4.69, 9.17) is 4.74 Å². The third-order valence-corrected chi connectivity index (χ3v) is 4.11. The van der Waals surface area contributed by atoms with Gasteiger partial charge < -0.3 is 9.64 Å². The van der Waals surface area contributed by atoms with Crippen molar-refractivity contribution in [2.45, 2.75) is 31.9 Å². The summed E-state index contributed by atoms with van der Waals surface area (Å²) in [6.07, 6.45) is 10.0. The van der Waals surface area contributed by atoms with Gasteiger partial charge in [-0.3, -0.25) is 14.5 Å². The Morgan fingerprint density at radius 3 is 2.91 bits per heavy atom. The Bertz CT molecular complexity index is 658. The summed E-state index contributed by atoms with van der Waals surface area (Å²) < 4.78 is 7.63. The van der Waals surface area contributed by atoms with Gasteiger partial charge in [-0.05, 0) is 25.3 Å². The van der Waals surface area contributed by atoms with Crippen molar-refractivity contribution in [3.05, 3.63) is 42.2 Å². The summed E-state index contributed by atoms with van der Waals surface area (Å²) in [4.78, 5) is 22.7. The van der Waals surface area contributed by atoms with Gasteiger partial charge in [0, 0.05) is 38.8 Å². The maximum atomic E-state index is 12.7. The minimum atomic E-state index is -0.0887. The van der Waals surface area contributed by atoms with Crippen LogP contribution in [-0.4, -0.2) is 55.9 Å². The molecular formula is C16H21N5O2. The number of carbonyl (C=O) groups is 1. The van der Waals surface area contributed by atoms with E-state index in [2.05, 4.69) is 15.1 Å². The van der Waals surface area contributed by atoms with Gasteiger partial charge in [-0.2, -0.15) is 5.10 Å². The summed E-state index contributed by atoms with van der Waals surface area (Å²) in [6.45, 7) is 3.29. The summed E-state index contributed by atoms with van der Waals surface area (Å²) in [7, 11) is 1.89. The van der Waals surface area contributed by atoms with Crippen LogP contribution in [0, 0.1) is 0 Å². The van der Waals surface area contributed by atoms with E-state index in [0.717, 1.165) is 18.4 Å². The molecule has 0 unspecified atom stereocenters. The Labute approximate surface area is 135 Å². The summed E-state index contributed by atoms with van der Waals surface area (Å²) >= 11 is 0. The highest BCUT2D eigenvalue weighted by atomic mass is 16.5. The van der Waals surface area contributed by atoms with Crippen molar-refractivity contribution in [1.29, 1.82) is 0 Å². The number of aryl methyl sites for hydroxylation is 1. The molecule has 1 aliphatic heterocycles. The molecule has 0 radical (unpaired) electrons. The van der Waals surface area contributed by atoms with Crippen molar-refractivity contribution in [1.82, 2.24) is 24.6 Å². The average Bonchev–Trinajstić information content (AvgIpc) is 3.15. The molecule has 0 N–H and O–H groups in total. The van der Waals surface area contributed by atoms with E-state index < -0.39 is 0 Å². The molecule has 2 aromatic rings. The number of likely N-dealkylation sites (tertiary alicyclic amines) is 1. The maximum Gasteiger partial charge on any atom is 0.274 e. The van der Waals surface area contributed by atoms with Crippen molar-refractivity contribution in [2.75, 3.05) is 13.2 Å². The molecule has 2 aromatic heterocycles. The van der Waals surface area contributed by atoms with E-state index >= 15 is 0 Å². The van der Waals surface area contributed by atoms with Crippen LogP contribution in [0.3, 0.4) is 0 Å². The quantitative estimate of drug-likeness (QED) is 0.825. The predicted molar refractivity (Wildman–Crippen MR) is 83.8 cm³/mol. The van der Waals surface area contributed by atoms with Crippen LogP contribution in [0.1, 0.15) is 29.4 Å². The molecule has 0 aromatic carbocycles. The van der Waals surface area contributed by atoms with Gasteiger partial charge in [0.25, 0.3) is 5.91 Å². The van der Waals surface area contributed by atoms with Gasteiger partial charge in [0.15, 0.2) is 0 Å². The first kappa shape index (κ1) is 15.6. The lowest BCUT2D eigenvalue weighted by atomic mass is 10.0. The Morgan fingerprint density at radius 2 is 2.26 bits per heavy atom. The molecule has 1 saturated heterocycles. The molecule has 122 valence electrons. The molecule has 7 nitrogen and oxygen atoms in total. The number of aromatic nitrogens is 4. The van der Waals surface area contributed by atoms with Crippen LogP contribution in [0.15, 0.2) is 31.0 Å². The van der Waals surface area contributed by atoms with Crippen LogP contribution >= 0.6 is 0 Å². The second-order valence-corrected chi connectivity index (χ2v) is 5.67. The van der Waals surface area contributed by atoms with E-state index in [1.54, 1.807) is 17.1 Å². The minimum Gasteiger partial charge on any atom is -0.376 e. The molecule has 0 saturated carbocycles. The fourth-order valence-electron chi connectivity index (χ4n) is 3.10. The topological polar surface area (TPSA) is 73.1 Å². The Kier molecular flexibility index (Phi) is 4.66. The van der Waals surface area contributed by atoms with Crippen molar-refractivity contribution in [2.24, 2.45) is 7.05 Å². The Morgan fingerprint density at radius 1 is 1.39 bits per heavy atom. The first-order chi connectivity index (χ1) is 11.2. The van der Waals surface area contributed by atoms with Gasteiger partial charge >= 0.3 is 0 Å². The van der Waals surface area contributed by atoms with E-state index in [1.807, 2.05) is 31.3 Å². The molecule has 1 aliphatic rings. The largest absolute Gasteiger partial charge is 0.376 e. The summed E-state index contributed by atoms with van der Waals surface area (Å²) in [6, 6.07) is -0.00587. The maximum absolute atomic E-state index is 12.7. The van der Waals surface area contributed by atoms with Crippen LogP contribution in [0.4, 0.5) is 0 Å². The summed E-state index contributed by atoms with van der Waals surface area (Å²) in [5, 5.41) is 4.21. The number of ether oxygens (including phenoxy) is 1. The van der Waals surface area contributed by atoms with Crippen LogP contribution in [0.25, 0.3) is 0 Å². The van der Waals surface area contributed by atoms with Crippen LogP contribution in [-0.2, 0) is 18.2 Å². The molecule has 0 spiro atoms. The SMILES string of the molecule is CCO[C@@H]1CCN(C(=O)c2cnccn2)[C@@H]1Cc1cnn(C)c1.